The lowest BCUT2D eigenvalue weighted by Crippen LogP contribution is -2.41. The van der Waals surface area contributed by atoms with Gasteiger partial charge >= 0.3 is 0 Å². The van der Waals surface area contributed by atoms with Crippen LogP contribution in [0, 0.1) is 0 Å². The van der Waals surface area contributed by atoms with E-state index in [1.54, 1.807) is 7.11 Å². The van der Waals surface area contributed by atoms with Crippen molar-refractivity contribution in [3.63, 3.8) is 0 Å². The summed E-state index contributed by atoms with van der Waals surface area (Å²) in [5, 5.41) is 3.73. The molecule has 1 aliphatic heterocycles. The van der Waals surface area contributed by atoms with Crippen LogP contribution in [0.4, 0.5) is 0 Å². The Morgan fingerprint density at radius 3 is 2.12 bits per heavy atom. The molecule has 4 nitrogen and oxygen atoms in total. The molecule has 0 unspecified atom stereocenters. The van der Waals surface area contributed by atoms with E-state index in [1.165, 1.54) is 24.0 Å². The summed E-state index contributed by atoms with van der Waals surface area (Å²) < 4.78 is 12.6. The van der Waals surface area contributed by atoms with Crippen molar-refractivity contribution in [3.8, 4) is 11.5 Å². The minimum Gasteiger partial charge on any atom is -0.493 e. The number of methoxy groups -OCH3 is 1. The van der Waals surface area contributed by atoms with Gasteiger partial charge in [0.25, 0.3) is 0 Å². The third-order valence-electron chi connectivity index (χ3n) is 5.95. The highest BCUT2D eigenvalue weighted by molar-refractivity contribution is 9.10. The zero-order valence-corrected chi connectivity index (χ0v) is 22.6. The minimum absolute atomic E-state index is 0. The molecular formula is C27H33BrCl2N2O2. The Kier molecular flexibility index (Phi) is 12.2. The molecule has 7 heteroatoms. The number of piperidine rings is 1. The lowest BCUT2D eigenvalue weighted by atomic mass is 10.0. The first-order valence-electron chi connectivity index (χ1n) is 11.2. The smallest absolute Gasteiger partial charge is 0.175 e. The van der Waals surface area contributed by atoms with Crippen LogP contribution in [0.5, 0.6) is 11.5 Å². The highest BCUT2D eigenvalue weighted by atomic mass is 79.9. The van der Waals surface area contributed by atoms with E-state index in [2.05, 4.69) is 80.7 Å². The van der Waals surface area contributed by atoms with Crippen LogP contribution in [0.1, 0.15) is 29.5 Å². The van der Waals surface area contributed by atoms with Crippen molar-refractivity contribution in [2.24, 2.45) is 0 Å². The monoisotopic (exact) mass is 566 g/mol. The number of benzene rings is 3. The molecule has 1 N–H and O–H groups in total. The topological polar surface area (TPSA) is 33.7 Å². The Morgan fingerprint density at radius 2 is 1.50 bits per heavy atom. The van der Waals surface area contributed by atoms with Gasteiger partial charge in [-0.2, -0.15) is 0 Å². The zero-order valence-electron chi connectivity index (χ0n) is 19.4. The number of hydrogen-bond acceptors (Lipinski definition) is 4. The highest BCUT2D eigenvalue weighted by Crippen LogP contribution is 2.37. The van der Waals surface area contributed by atoms with Gasteiger partial charge in [-0.15, -0.1) is 24.8 Å². The largest absolute Gasteiger partial charge is 0.493 e. The number of ether oxygens (including phenoxy) is 2. The summed E-state index contributed by atoms with van der Waals surface area (Å²) in [6.07, 6.45) is 2.34. The summed E-state index contributed by atoms with van der Waals surface area (Å²) in [7, 11) is 1.69. The van der Waals surface area contributed by atoms with E-state index in [9.17, 15) is 0 Å². The standard InChI is InChI=1S/C27H31BrN2O2.2ClH/c1-31-26-17-23(16-25(28)27(26)32-20-22-10-6-3-7-11-22)18-29-24-12-14-30(15-13-24)19-21-8-4-2-5-9-21;;/h2-11,16-17,24,29H,12-15,18-20H2,1H3;2*1H. The van der Waals surface area contributed by atoms with Crippen molar-refractivity contribution in [3.05, 3.63) is 94.0 Å². The van der Waals surface area contributed by atoms with Gasteiger partial charge in [0.15, 0.2) is 11.5 Å². The SMILES string of the molecule is COc1cc(CNC2CCN(Cc3ccccc3)CC2)cc(Br)c1OCc1ccccc1.Cl.Cl. The van der Waals surface area contributed by atoms with Crippen molar-refractivity contribution < 1.29 is 9.47 Å². The van der Waals surface area contributed by atoms with Gasteiger partial charge in [0.2, 0.25) is 0 Å². The number of rotatable bonds is 9. The molecular weight excluding hydrogens is 535 g/mol. The maximum Gasteiger partial charge on any atom is 0.175 e. The lowest BCUT2D eigenvalue weighted by molar-refractivity contribution is 0.190. The maximum atomic E-state index is 6.06. The van der Waals surface area contributed by atoms with Crippen LogP contribution in [-0.2, 0) is 19.7 Å². The van der Waals surface area contributed by atoms with Crippen LogP contribution < -0.4 is 14.8 Å². The van der Waals surface area contributed by atoms with E-state index >= 15 is 0 Å². The quantitative estimate of drug-likeness (QED) is 0.314. The lowest BCUT2D eigenvalue weighted by Gasteiger charge is -2.32. The van der Waals surface area contributed by atoms with Gasteiger partial charge in [0.1, 0.15) is 6.61 Å². The Hall–Kier alpha value is -1.76. The van der Waals surface area contributed by atoms with Gasteiger partial charge in [0.05, 0.1) is 11.6 Å². The first-order chi connectivity index (χ1) is 15.7. The van der Waals surface area contributed by atoms with Crippen molar-refractivity contribution in [2.75, 3.05) is 20.2 Å². The number of likely N-dealkylation sites (tertiary alicyclic amines) is 1. The molecule has 0 radical (unpaired) electrons. The first-order valence-corrected chi connectivity index (χ1v) is 12.0. The fourth-order valence-corrected chi connectivity index (χ4v) is 4.75. The second-order valence-corrected chi connectivity index (χ2v) is 9.15. The number of hydrogen-bond donors (Lipinski definition) is 1. The molecule has 34 heavy (non-hydrogen) atoms. The van der Waals surface area contributed by atoms with Crippen LogP contribution in [0.3, 0.4) is 0 Å². The Bertz CT molecular complexity index is 985. The van der Waals surface area contributed by atoms with E-state index in [4.69, 9.17) is 9.47 Å². The molecule has 0 aliphatic carbocycles. The summed E-state index contributed by atoms with van der Waals surface area (Å²) in [6, 6.07) is 25.6. The second-order valence-electron chi connectivity index (χ2n) is 8.30. The summed E-state index contributed by atoms with van der Waals surface area (Å²) in [4.78, 5) is 2.55. The molecule has 0 saturated carbocycles. The molecule has 0 aromatic heterocycles. The molecule has 1 fully saturated rings. The molecule has 0 bridgehead atoms. The van der Waals surface area contributed by atoms with E-state index in [0.29, 0.717) is 12.6 Å². The van der Waals surface area contributed by atoms with Crippen LogP contribution in [-0.4, -0.2) is 31.1 Å². The molecule has 3 aromatic rings. The van der Waals surface area contributed by atoms with Gasteiger partial charge in [-0.1, -0.05) is 60.7 Å². The molecule has 0 atom stereocenters. The van der Waals surface area contributed by atoms with Gasteiger partial charge in [-0.25, -0.2) is 0 Å². The van der Waals surface area contributed by atoms with Crippen molar-refractivity contribution >= 4 is 40.7 Å². The number of nitrogens with one attached hydrogen (secondary N) is 1. The van der Waals surface area contributed by atoms with Crippen molar-refractivity contribution in [1.29, 1.82) is 0 Å². The van der Waals surface area contributed by atoms with Crippen LogP contribution in [0.15, 0.2) is 77.3 Å². The zero-order chi connectivity index (χ0) is 22.2. The Balaban J connectivity index is 0.00000204. The Morgan fingerprint density at radius 1 is 0.882 bits per heavy atom. The highest BCUT2D eigenvalue weighted by Gasteiger charge is 2.19. The fraction of sp³-hybridized carbons (Fsp3) is 0.333. The van der Waals surface area contributed by atoms with Crippen molar-refractivity contribution in [1.82, 2.24) is 10.2 Å². The molecule has 0 amide bonds. The average molecular weight is 568 g/mol. The van der Waals surface area contributed by atoms with Crippen molar-refractivity contribution in [2.45, 2.75) is 38.6 Å². The fourth-order valence-electron chi connectivity index (χ4n) is 4.14. The summed E-state index contributed by atoms with van der Waals surface area (Å²) >= 11 is 3.68. The van der Waals surface area contributed by atoms with Gasteiger partial charge in [-0.05, 0) is 70.7 Å². The molecule has 1 heterocycles. The maximum absolute atomic E-state index is 6.06. The van der Waals surface area contributed by atoms with E-state index < -0.39 is 0 Å². The third-order valence-corrected chi connectivity index (χ3v) is 6.54. The van der Waals surface area contributed by atoms with E-state index in [1.807, 2.05) is 18.2 Å². The molecule has 3 aromatic carbocycles. The second kappa shape index (κ2) is 14.6. The van der Waals surface area contributed by atoms with E-state index in [-0.39, 0.29) is 24.8 Å². The first kappa shape index (κ1) is 28.5. The van der Waals surface area contributed by atoms with Gasteiger partial charge in [-0.3, -0.25) is 4.90 Å². The average Bonchev–Trinajstić information content (AvgIpc) is 2.84. The van der Waals surface area contributed by atoms with Gasteiger partial charge in [0, 0.05) is 19.1 Å². The molecule has 1 saturated heterocycles. The predicted octanol–water partition coefficient (Wildman–Crippen LogP) is 6.63. The van der Waals surface area contributed by atoms with Crippen LogP contribution in [0.25, 0.3) is 0 Å². The molecule has 0 spiro atoms. The molecule has 184 valence electrons. The summed E-state index contributed by atoms with van der Waals surface area (Å²) in [6.45, 7) is 4.63. The van der Waals surface area contributed by atoms with Crippen LogP contribution in [0.2, 0.25) is 0 Å². The van der Waals surface area contributed by atoms with Gasteiger partial charge < -0.3 is 14.8 Å². The number of halogens is 3. The van der Waals surface area contributed by atoms with E-state index in [0.717, 1.165) is 47.7 Å². The minimum atomic E-state index is 0. The Labute approximate surface area is 224 Å². The summed E-state index contributed by atoms with van der Waals surface area (Å²) in [5.41, 5.74) is 3.71. The molecule has 4 rings (SSSR count). The summed E-state index contributed by atoms with van der Waals surface area (Å²) in [5.74, 6) is 1.50. The van der Waals surface area contributed by atoms with Crippen LogP contribution >= 0.6 is 40.7 Å². The third kappa shape index (κ3) is 8.17. The number of nitrogens with zero attached hydrogens (tertiary/aromatic N) is 1. The predicted molar refractivity (Wildman–Crippen MR) is 148 cm³/mol. The normalized spacial score (nSPS) is 14.1. The molecule has 1 aliphatic rings.